The third kappa shape index (κ3) is 13.4. The van der Waals surface area contributed by atoms with Crippen LogP contribution in [0.1, 0.15) is 101 Å². The number of aryl methyl sites for hydroxylation is 4. The predicted octanol–water partition coefficient (Wildman–Crippen LogP) is 14.2. The number of aliphatic hydroxyl groups excluding tert-OH is 1. The summed E-state index contributed by atoms with van der Waals surface area (Å²) in [7, 11) is -1.29. The van der Waals surface area contributed by atoms with Crippen LogP contribution < -0.4 is 5.19 Å². The third-order valence-corrected chi connectivity index (χ3v) is 13.0. The number of benzene rings is 4. The Morgan fingerprint density at radius 3 is 1.54 bits per heavy atom. The number of rotatable bonds is 11. The zero-order chi connectivity index (χ0) is 42.7. The van der Waals surface area contributed by atoms with Gasteiger partial charge in [0.1, 0.15) is 0 Å². The van der Waals surface area contributed by atoms with Crippen molar-refractivity contribution in [1.82, 2.24) is 9.97 Å². The van der Waals surface area contributed by atoms with Crippen molar-refractivity contribution in [2.24, 2.45) is 11.8 Å². The van der Waals surface area contributed by atoms with Crippen molar-refractivity contribution in [3.8, 4) is 22.5 Å². The number of allylic oxidation sites excluding steroid dienone is 2. The quantitative estimate of drug-likeness (QED) is 0.0608. The number of nitrogens with zero attached hydrogens (tertiary/aromatic N) is 2. The van der Waals surface area contributed by atoms with E-state index in [0.29, 0.717) is 5.92 Å². The van der Waals surface area contributed by atoms with Crippen LogP contribution >= 0.6 is 0 Å². The van der Waals surface area contributed by atoms with E-state index in [1.165, 1.54) is 49.5 Å². The van der Waals surface area contributed by atoms with Gasteiger partial charge in [-0.2, -0.15) is 0 Å². The largest absolute Gasteiger partial charge is 0.512 e. The second-order valence-corrected chi connectivity index (χ2v) is 22.2. The number of hydrogen-bond acceptors (Lipinski definition) is 4. The van der Waals surface area contributed by atoms with Gasteiger partial charge in [0.05, 0.1) is 13.8 Å². The van der Waals surface area contributed by atoms with Crippen molar-refractivity contribution >= 4 is 40.6 Å². The molecule has 0 atom stereocenters. The molecule has 59 heavy (non-hydrogen) atoms. The second kappa shape index (κ2) is 22.4. The fourth-order valence-corrected chi connectivity index (χ4v) is 8.63. The SMILES string of the molecule is CCC(CC)C(=O)/C=C(\O)C(CC)CC.Cc1[c-]c(-c2nccc3cc(C(C)C)ccc23)cc(C)c1.Cc1[c-]c(-c2nccc3cc([Si](C)(C)C)ccc23)cc(C)c1.[Ir]. The number of pyridine rings is 2. The molecule has 4 aromatic carbocycles. The van der Waals surface area contributed by atoms with E-state index in [1.807, 2.05) is 40.1 Å². The normalized spacial score (nSPS) is 11.6. The molecule has 1 radical (unpaired) electrons. The van der Waals surface area contributed by atoms with Gasteiger partial charge in [0.2, 0.25) is 0 Å². The van der Waals surface area contributed by atoms with Gasteiger partial charge in [-0.1, -0.05) is 130 Å². The third-order valence-electron chi connectivity index (χ3n) is 11.0. The molecular weight excluding hydrogens is 917 g/mol. The topological polar surface area (TPSA) is 63.1 Å². The average molecular weight is 983 g/mol. The van der Waals surface area contributed by atoms with Crippen LogP contribution in [0.15, 0.2) is 97.0 Å². The molecule has 4 nitrogen and oxygen atoms in total. The van der Waals surface area contributed by atoms with E-state index in [-0.39, 0.29) is 43.5 Å². The molecule has 2 heterocycles. The number of aromatic nitrogens is 2. The van der Waals surface area contributed by atoms with Crippen molar-refractivity contribution in [1.29, 1.82) is 0 Å². The summed E-state index contributed by atoms with van der Waals surface area (Å²) in [5.41, 5.74) is 10.4. The van der Waals surface area contributed by atoms with Gasteiger partial charge in [0.15, 0.2) is 5.78 Å². The molecule has 315 valence electrons. The molecule has 2 aromatic heterocycles. The van der Waals surface area contributed by atoms with E-state index in [0.717, 1.165) is 59.3 Å². The fraction of sp³-hybridized carbons (Fsp3) is 0.377. The molecule has 0 aliphatic heterocycles. The van der Waals surface area contributed by atoms with Crippen LogP contribution in [0.4, 0.5) is 0 Å². The molecule has 0 aliphatic rings. The van der Waals surface area contributed by atoms with Gasteiger partial charge in [0, 0.05) is 50.4 Å². The minimum Gasteiger partial charge on any atom is -0.512 e. The Morgan fingerprint density at radius 1 is 0.661 bits per heavy atom. The number of fused-ring (bicyclic) bond motifs is 2. The predicted molar refractivity (Wildman–Crippen MR) is 252 cm³/mol. The Bertz CT molecular complexity index is 2310. The smallest absolute Gasteiger partial charge is 0.162 e. The molecule has 0 amide bonds. The van der Waals surface area contributed by atoms with E-state index in [2.05, 4.69) is 156 Å². The van der Waals surface area contributed by atoms with Crippen molar-refractivity contribution in [2.45, 2.75) is 120 Å². The minimum atomic E-state index is -1.29. The van der Waals surface area contributed by atoms with Crippen LogP contribution in [0.5, 0.6) is 0 Å². The average Bonchev–Trinajstić information content (AvgIpc) is 3.17. The summed E-state index contributed by atoms with van der Waals surface area (Å²) >= 11 is 0. The van der Waals surface area contributed by atoms with E-state index in [4.69, 9.17) is 0 Å². The summed E-state index contributed by atoms with van der Waals surface area (Å²) in [6.07, 6.45) is 8.72. The van der Waals surface area contributed by atoms with Crippen molar-refractivity contribution < 1.29 is 30.0 Å². The standard InChI is InChI=1S/C20H22NSi.C20H20N.C13H24O2.Ir/c1-14-10-15(2)12-17(11-14)20-19-7-6-18(22(3,4)5)13-16(19)8-9-21-20;1-13(2)16-5-6-19-17(12-16)7-8-21-20(19)18-10-14(3)9-15(4)11-18;1-5-10(6-2)12(14)9-13(15)11(7-3)8-4;/h6-11,13H,1-5H3;5-10,12-13H,1-4H3;9-11,14H,5-8H2,1-4H3;/q2*-1;;/b;;12-9-;. The zero-order valence-corrected chi connectivity index (χ0v) is 41.2. The Hall–Kier alpha value is -4.22. The number of carbonyl (C=O) groups is 1. The molecule has 6 rings (SSSR count). The molecule has 0 unspecified atom stereocenters. The van der Waals surface area contributed by atoms with Gasteiger partial charge >= 0.3 is 0 Å². The van der Waals surface area contributed by atoms with Crippen LogP contribution in [0.3, 0.4) is 0 Å². The van der Waals surface area contributed by atoms with Crippen molar-refractivity contribution in [3.63, 3.8) is 0 Å². The number of hydrogen-bond donors (Lipinski definition) is 1. The molecule has 1 N–H and O–H groups in total. The summed E-state index contributed by atoms with van der Waals surface area (Å²) < 4.78 is 0. The first kappa shape index (κ1) is 49.1. The molecule has 0 aliphatic carbocycles. The second-order valence-electron chi connectivity index (χ2n) is 17.1. The van der Waals surface area contributed by atoms with E-state index in [9.17, 15) is 9.90 Å². The summed E-state index contributed by atoms with van der Waals surface area (Å²) in [6.45, 7) is 28.1. The summed E-state index contributed by atoms with van der Waals surface area (Å²) in [5.74, 6) is 1.09. The molecule has 0 saturated heterocycles. The Balaban J connectivity index is 0.000000240. The number of carbonyl (C=O) groups excluding carboxylic acids is 1. The van der Waals surface area contributed by atoms with Crippen LogP contribution in [0.2, 0.25) is 19.6 Å². The van der Waals surface area contributed by atoms with Crippen LogP contribution in [-0.4, -0.2) is 28.9 Å². The van der Waals surface area contributed by atoms with Gasteiger partial charge in [0.25, 0.3) is 0 Å². The summed E-state index contributed by atoms with van der Waals surface area (Å²) in [6, 6.07) is 33.2. The molecule has 0 saturated carbocycles. The summed E-state index contributed by atoms with van der Waals surface area (Å²) in [5, 5.41) is 16.2. The summed E-state index contributed by atoms with van der Waals surface area (Å²) in [4.78, 5) is 20.9. The number of aliphatic hydroxyl groups is 1. The van der Waals surface area contributed by atoms with Gasteiger partial charge in [-0.3, -0.25) is 4.79 Å². The van der Waals surface area contributed by atoms with Crippen LogP contribution in [-0.2, 0) is 24.9 Å². The Labute approximate surface area is 370 Å². The van der Waals surface area contributed by atoms with E-state index >= 15 is 0 Å². The minimum absolute atomic E-state index is 0. The Kier molecular flexibility index (Phi) is 18.7. The molecular formula is C53H66IrN2O2Si-2. The van der Waals surface area contributed by atoms with Gasteiger partial charge in [-0.25, -0.2) is 0 Å². The molecule has 0 bridgehead atoms. The van der Waals surface area contributed by atoms with Crippen molar-refractivity contribution in [3.05, 3.63) is 137 Å². The van der Waals surface area contributed by atoms with E-state index < -0.39 is 8.07 Å². The molecule has 0 spiro atoms. The monoisotopic (exact) mass is 983 g/mol. The first-order chi connectivity index (χ1) is 27.5. The first-order valence-corrected chi connectivity index (χ1v) is 24.7. The first-order valence-electron chi connectivity index (χ1n) is 21.2. The van der Waals surface area contributed by atoms with Gasteiger partial charge < -0.3 is 15.1 Å². The van der Waals surface area contributed by atoms with Crippen LogP contribution in [0, 0.1) is 51.7 Å². The molecule has 6 heteroatoms. The fourth-order valence-electron chi connectivity index (χ4n) is 7.45. The van der Waals surface area contributed by atoms with Gasteiger partial charge in [-0.15, -0.1) is 69.8 Å². The maximum atomic E-state index is 11.7. The maximum Gasteiger partial charge on any atom is 0.162 e. The molecule has 6 aromatic rings. The van der Waals surface area contributed by atoms with Crippen molar-refractivity contribution in [2.75, 3.05) is 0 Å². The zero-order valence-electron chi connectivity index (χ0n) is 37.8. The maximum absolute atomic E-state index is 11.7. The van der Waals surface area contributed by atoms with E-state index in [1.54, 1.807) is 0 Å². The van der Waals surface area contributed by atoms with Crippen LogP contribution in [0.25, 0.3) is 44.1 Å². The molecule has 0 fully saturated rings. The number of ketones is 1. The Morgan fingerprint density at radius 2 is 1.12 bits per heavy atom. The van der Waals surface area contributed by atoms with Gasteiger partial charge in [-0.05, 0) is 82.2 Å².